The van der Waals surface area contributed by atoms with E-state index in [9.17, 15) is 5.11 Å². The van der Waals surface area contributed by atoms with Crippen LogP contribution in [0.3, 0.4) is 0 Å². The third-order valence-corrected chi connectivity index (χ3v) is 6.29. The van der Waals surface area contributed by atoms with Crippen LogP contribution in [0.5, 0.6) is 0 Å². The first-order valence-electron chi connectivity index (χ1n) is 10.8. The molecular formula is C25H35NO. The van der Waals surface area contributed by atoms with Gasteiger partial charge in [0.05, 0.1) is 5.60 Å². The fourth-order valence-corrected chi connectivity index (χ4v) is 4.86. The summed E-state index contributed by atoms with van der Waals surface area (Å²) in [5, 5.41) is 15.7. The average Bonchev–Trinajstić information content (AvgIpc) is 2.72. The van der Waals surface area contributed by atoms with Gasteiger partial charge in [0, 0.05) is 18.0 Å². The molecule has 4 atom stereocenters. The van der Waals surface area contributed by atoms with Crippen molar-refractivity contribution in [2.75, 3.05) is 0 Å². The molecule has 1 saturated heterocycles. The van der Waals surface area contributed by atoms with Crippen LogP contribution >= 0.6 is 0 Å². The molecule has 2 heteroatoms. The first-order chi connectivity index (χ1) is 13.2. The van der Waals surface area contributed by atoms with Gasteiger partial charge < -0.3 is 10.4 Å². The largest absolute Gasteiger partial charge is 0.389 e. The molecule has 0 amide bonds. The summed E-state index contributed by atoms with van der Waals surface area (Å²) in [4.78, 5) is 0. The predicted molar refractivity (Wildman–Crippen MR) is 114 cm³/mol. The van der Waals surface area contributed by atoms with Crippen LogP contribution in [0.25, 0.3) is 0 Å². The predicted octanol–water partition coefficient (Wildman–Crippen LogP) is 6.19. The van der Waals surface area contributed by atoms with E-state index >= 15 is 0 Å². The molecule has 2 aromatic rings. The van der Waals surface area contributed by atoms with E-state index in [1.54, 1.807) is 0 Å². The molecule has 1 aliphatic heterocycles. The minimum atomic E-state index is -0.616. The lowest BCUT2D eigenvalue weighted by atomic mass is 9.68. The molecule has 0 aromatic heterocycles. The van der Waals surface area contributed by atoms with Crippen molar-refractivity contribution >= 4 is 0 Å². The number of piperidine rings is 1. The normalized spacial score (nSPS) is 28.2. The van der Waals surface area contributed by atoms with Crippen molar-refractivity contribution in [2.45, 2.75) is 76.5 Å². The Balaban J connectivity index is 1.89. The molecule has 27 heavy (non-hydrogen) atoms. The zero-order valence-corrected chi connectivity index (χ0v) is 16.9. The number of hydrogen-bond donors (Lipinski definition) is 2. The maximum absolute atomic E-state index is 11.9. The lowest BCUT2D eigenvalue weighted by Crippen LogP contribution is -2.53. The van der Waals surface area contributed by atoms with E-state index in [0.29, 0.717) is 0 Å². The van der Waals surface area contributed by atoms with Crippen LogP contribution < -0.4 is 5.32 Å². The van der Waals surface area contributed by atoms with Crippen molar-refractivity contribution in [1.82, 2.24) is 5.32 Å². The van der Waals surface area contributed by atoms with Crippen LogP contribution in [-0.2, 0) is 0 Å². The van der Waals surface area contributed by atoms with E-state index < -0.39 is 5.60 Å². The Morgan fingerprint density at radius 1 is 0.889 bits per heavy atom. The quantitative estimate of drug-likeness (QED) is 0.547. The van der Waals surface area contributed by atoms with Gasteiger partial charge >= 0.3 is 0 Å². The van der Waals surface area contributed by atoms with Gasteiger partial charge in [-0.2, -0.15) is 0 Å². The first kappa shape index (κ1) is 20.1. The summed E-state index contributed by atoms with van der Waals surface area (Å²) in [5.74, 6) is 0.237. The fourth-order valence-electron chi connectivity index (χ4n) is 4.86. The van der Waals surface area contributed by atoms with Gasteiger partial charge in [0.2, 0.25) is 0 Å². The summed E-state index contributed by atoms with van der Waals surface area (Å²) in [7, 11) is 0. The van der Waals surface area contributed by atoms with Crippen molar-refractivity contribution in [2.24, 2.45) is 5.92 Å². The Hall–Kier alpha value is -1.64. The summed E-state index contributed by atoms with van der Waals surface area (Å²) in [5.41, 5.74) is 1.95. The molecular weight excluding hydrogens is 330 g/mol. The fraction of sp³-hybridized carbons (Fsp3) is 0.520. The number of unbranched alkanes of at least 4 members (excludes halogenated alkanes) is 3. The minimum absolute atomic E-state index is 0.186. The van der Waals surface area contributed by atoms with E-state index in [2.05, 4.69) is 79.8 Å². The molecule has 2 N–H and O–H groups in total. The van der Waals surface area contributed by atoms with Crippen molar-refractivity contribution in [3.63, 3.8) is 0 Å². The molecule has 0 unspecified atom stereocenters. The zero-order valence-electron chi connectivity index (χ0n) is 16.9. The van der Waals surface area contributed by atoms with Crippen LogP contribution in [0.15, 0.2) is 60.7 Å². The smallest absolute Gasteiger partial charge is 0.0712 e. The lowest BCUT2D eigenvalue weighted by molar-refractivity contribution is -0.0838. The molecule has 0 aliphatic carbocycles. The second kappa shape index (κ2) is 9.52. The number of rotatable bonds is 8. The lowest BCUT2D eigenvalue weighted by Gasteiger charge is -2.49. The summed E-state index contributed by atoms with van der Waals surface area (Å²) in [6.45, 7) is 4.47. The molecule has 1 fully saturated rings. The van der Waals surface area contributed by atoms with Crippen LogP contribution in [-0.4, -0.2) is 10.7 Å². The highest BCUT2D eigenvalue weighted by Crippen LogP contribution is 2.47. The molecule has 146 valence electrons. The summed E-state index contributed by atoms with van der Waals surface area (Å²) in [6, 6.07) is 21.7. The Kier molecular flexibility index (Phi) is 7.09. The van der Waals surface area contributed by atoms with Crippen LogP contribution in [0.2, 0.25) is 0 Å². The number of hydrogen-bond acceptors (Lipinski definition) is 2. The molecule has 0 saturated carbocycles. The minimum Gasteiger partial charge on any atom is -0.389 e. The SMILES string of the molecule is CCCCCC[C@]1(O)C[C@@H](c2ccccc2)N[C@H](c2ccccc2)[C@@H]1CC. The Morgan fingerprint density at radius 3 is 2.11 bits per heavy atom. The molecule has 0 bridgehead atoms. The standard InChI is InChI=1S/C25H35NO/c1-3-5-6-13-18-25(27)19-23(20-14-9-7-10-15-20)26-24(22(25)4-2)21-16-11-8-12-17-21/h7-12,14-17,22-24,26-27H,3-6,13,18-19H2,1-2H3/t22-,23-,24+,25-/m0/s1. The highest BCUT2D eigenvalue weighted by molar-refractivity contribution is 5.26. The Labute approximate surface area is 165 Å². The second-order valence-corrected chi connectivity index (χ2v) is 8.15. The average molecular weight is 366 g/mol. The van der Waals surface area contributed by atoms with Crippen molar-refractivity contribution < 1.29 is 5.11 Å². The van der Waals surface area contributed by atoms with Gasteiger partial charge in [-0.1, -0.05) is 100 Å². The molecule has 1 aliphatic rings. The van der Waals surface area contributed by atoms with Crippen molar-refractivity contribution in [3.8, 4) is 0 Å². The van der Waals surface area contributed by atoms with Gasteiger partial charge in [0.15, 0.2) is 0 Å². The van der Waals surface area contributed by atoms with Crippen molar-refractivity contribution in [1.29, 1.82) is 0 Å². The maximum Gasteiger partial charge on any atom is 0.0712 e. The number of benzene rings is 2. The van der Waals surface area contributed by atoms with Crippen LogP contribution in [0, 0.1) is 5.92 Å². The number of aliphatic hydroxyl groups is 1. The molecule has 0 spiro atoms. The second-order valence-electron chi connectivity index (χ2n) is 8.15. The third-order valence-electron chi connectivity index (χ3n) is 6.29. The van der Waals surface area contributed by atoms with Gasteiger partial charge in [-0.25, -0.2) is 0 Å². The first-order valence-corrected chi connectivity index (χ1v) is 10.8. The summed E-state index contributed by atoms with van der Waals surface area (Å²) in [6.07, 6.45) is 7.51. The van der Waals surface area contributed by atoms with E-state index in [1.807, 2.05) is 0 Å². The Morgan fingerprint density at radius 2 is 1.52 bits per heavy atom. The van der Waals surface area contributed by atoms with E-state index in [4.69, 9.17) is 0 Å². The topological polar surface area (TPSA) is 32.3 Å². The van der Waals surface area contributed by atoms with E-state index in [0.717, 1.165) is 25.7 Å². The summed E-state index contributed by atoms with van der Waals surface area (Å²) < 4.78 is 0. The van der Waals surface area contributed by atoms with Gasteiger partial charge in [-0.3, -0.25) is 0 Å². The highest BCUT2D eigenvalue weighted by Gasteiger charge is 2.46. The summed E-state index contributed by atoms with van der Waals surface area (Å²) >= 11 is 0. The van der Waals surface area contributed by atoms with E-state index in [1.165, 1.54) is 30.4 Å². The third kappa shape index (κ3) is 4.80. The molecule has 1 heterocycles. The highest BCUT2D eigenvalue weighted by atomic mass is 16.3. The number of nitrogens with one attached hydrogen (secondary N) is 1. The molecule has 0 radical (unpaired) electrons. The maximum atomic E-state index is 11.9. The van der Waals surface area contributed by atoms with Crippen LogP contribution in [0.1, 0.15) is 82.0 Å². The Bertz CT molecular complexity index is 671. The molecule has 2 nitrogen and oxygen atoms in total. The van der Waals surface area contributed by atoms with Gasteiger partial charge in [0.25, 0.3) is 0 Å². The van der Waals surface area contributed by atoms with Crippen molar-refractivity contribution in [3.05, 3.63) is 71.8 Å². The molecule has 2 aromatic carbocycles. The van der Waals surface area contributed by atoms with E-state index in [-0.39, 0.29) is 18.0 Å². The zero-order chi connectivity index (χ0) is 19.1. The molecule has 3 rings (SSSR count). The van der Waals surface area contributed by atoms with Crippen LogP contribution in [0.4, 0.5) is 0 Å². The van der Waals surface area contributed by atoms with Gasteiger partial charge in [0.1, 0.15) is 0 Å². The van der Waals surface area contributed by atoms with Gasteiger partial charge in [-0.15, -0.1) is 0 Å². The monoisotopic (exact) mass is 365 g/mol. The van der Waals surface area contributed by atoms with Gasteiger partial charge in [-0.05, 0) is 30.4 Å².